The van der Waals surface area contributed by atoms with Crippen molar-refractivity contribution in [2.24, 2.45) is 23.2 Å². The Hall–Kier alpha value is -2.17. The van der Waals surface area contributed by atoms with E-state index in [2.05, 4.69) is 9.64 Å². The summed E-state index contributed by atoms with van der Waals surface area (Å²) in [6.07, 6.45) is 10.8. The largest absolute Gasteiger partial charge is 0.465 e. The molecule has 0 unspecified atom stereocenters. The van der Waals surface area contributed by atoms with Crippen molar-refractivity contribution < 1.29 is 18.7 Å². The summed E-state index contributed by atoms with van der Waals surface area (Å²) in [5.41, 5.74) is 1.78. The highest BCUT2D eigenvalue weighted by atomic mass is 19.1. The molecule has 0 radical (unpaired) electrons. The van der Waals surface area contributed by atoms with Gasteiger partial charge in [0.1, 0.15) is 5.82 Å². The van der Waals surface area contributed by atoms with E-state index < -0.39 is 11.8 Å². The zero-order valence-corrected chi connectivity index (χ0v) is 17.7. The molecule has 5 fully saturated rings. The van der Waals surface area contributed by atoms with E-state index in [4.69, 9.17) is 0 Å². The molecule has 0 aromatic heterocycles. The third kappa shape index (κ3) is 3.46. The van der Waals surface area contributed by atoms with Gasteiger partial charge in [0.25, 0.3) is 0 Å². The summed E-state index contributed by atoms with van der Waals surface area (Å²) in [5, 5.41) is 0. The van der Waals surface area contributed by atoms with E-state index in [1.54, 1.807) is 12.1 Å². The molecule has 0 spiro atoms. The van der Waals surface area contributed by atoms with Crippen molar-refractivity contribution in [2.75, 3.05) is 20.2 Å². The van der Waals surface area contributed by atoms with Crippen molar-refractivity contribution in [2.45, 2.75) is 51.4 Å². The van der Waals surface area contributed by atoms with Crippen LogP contribution in [-0.2, 0) is 9.53 Å². The van der Waals surface area contributed by atoms with Gasteiger partial charge in [0.05, 0.1) is 18.1 Å². The first-order valence-electron chi connectivity index (χ1n) is 11.3. The maximum absolute atomic E-state index is 14.4. The number of carbonyl (C=O) groups excluding carboxylic acids is 2. The Bertz CT molecular complexity index is 860. The highest BCUT2D eigenvalue weighted by molar-refractivity contribution is 5.89. The SMILES string of the molecule is COC(=O)c1ccc(C=C2CCN(C(=O)C34CC5CC(CC(C5)C3)C4)CC2)c(F)c1. The molecule has 1 aromatic carbocycles. The Morgan fingerprint density at radius 1 is 1.07 bits per heavy atom. The second kappa shape index (κ2) is 7.51. The van der Waals surface area contributed by atoms with Gasteiger partial charge in [-0.2, -0.15) is 0 Å². The van der Waals surface area contributed by atoms with E-state index in [1.165, 1.54) is 32.4 Å². The number of rotatable bonds is 3. The molecule has 1 amide bonds. The number of ether oxygens (including phenoxy) is 1. The van der Waals surface area contributed by atoms with Crippen molar-refractivity contribution in [1.29, 1.82) is 0 Å². The first-order chi connectivity index (χ1) is 14.5. The summed E-state index contributed by atoms with van der Waals surface area (Å²) in [4.78, 5) is 27.1. The molecular weight excluding hydrogens is 381 g/mol. The maximum Gasteiger partial charge on any atom is 0.337 e. The number of likely N-dealkylation sites (tertiary alicyclic amines) is 1. The summed E-state index contributed by atoms with van der Waals surface area (Å²) < 4.78 is 19.1. The van der Waals surface area contributed by atoms with Crippen molar-refractivity contribution in [3.8, 4) is 0 Å². The molecule has 1 aromatic rings. The van der Waals surface area contributed by atoms with Gasteiger partial charge in [-0.3, -0.25) is 4.79 Å². The number of carbonyl (C=O) groups is 2. The predicted octanol–water partition coefficient (Wildman–Crippen LogP) is 4.83. The number of esters is 1. The lowest BCUT2D eigenvalue weighted by atomic mass is 9.49. The molecule has 6 rings (SSSR count). The Morgan fingerprint density at radius 3 is 2.20 bits per heavy atom. The first-order valence-corrected chi connectivity index (χ1v) is 11.3. The van der Waals surface area contributed by atoms with E-state index in [0.29, 0.717) is 11.5 Å². The number of hydrogen-bond donors (Lipinski definition) is 0. The van der Waals surface area contributed by atoms with Gasteiger partial charge in [-0.1, -0.05) is 17.7 Å². The van der Waals surface area contributed by atoms with Crippen LogP contribution in [0.1, 0.15) is 67.3 Å². The molecule has 4 nitrogen and oxygen atoms in total. The smallest absolute Gasteiger partial charge is 0.337 e. The van der Waals surface area contributed by atoms with Gasteiger partial charge >= 0.3 is 5.97 Å². The molecule has 4 aliphatic carbocycles. The van der Waals surface area contributed by atoms with Crippen LogP contribution < -0.4 is 0 Å². The Kier molecular flexibility index (Phi) is 4.95. The van der Waals surface area contributed by atoms with Gasteiger partial charge in [-0.15, -0.1) is 0 Å². The van der Waals surface area contributed by atoms with E-state index in [1.807, 2.05) is 6.08 Å². The predicted molar refractivity (Wildman–Crippen MR) is 112 cm³/mol. The number of methoxy groups -OCH3 is 1. The molecule has 4 bridgehead atoms. The molecular formula is C25H30FNO3. The fraction of sp³-hybridized carbons (Fsp3) is 0.600. The molecule has 1 saturated heterocycles. The van der Waals surface area contributed by atoms with E-state index in [9.17, 15) is 14.0 Å². The molecule has 0 N–H and O–H groups in total. The van der Waals surface area contributed by atoms with E-state index >= 15 is 0 Å². The molecule has 5 heteroatoms. The second-order valence-electron chi connectivity index (χ2n) is 10.0. The monoisotopic (exact) mass is 411 g/mol. The van der Waals surface area contributed by atoms with Crippen LogP contribution in [0.15, 0.2) is 23.8 Å². The standard InChI is InChI=1S/C25H30FNO3/c1-30-23(28)21-3-2-20(22(26)12-21)11-16-4-6-27(7-5-16)24(29)25-13-17-8-18(14-25)10-19(9-17)15-25/h2-3,11-12,17-19H,4-10,13-15H2,1H3. The molecule has 0 atom stereocenters. The number of nitrogens with zero attached hydrogens (tertiary/aromatic N) is 1. The lowest BCUT2D eigenvalue weighted by Crippen LogP contribution is -2.55. The van der Waals surface area contributed by atoms with Crippen LogP contribution in [0.5, 0.6) is 0 Å². The molecule has 160 valence electrons. The summed E-state index contributed by atoms with van der Waals surface area (Å²) in [6, 6.07) is 4.44. The Morgan fingerprint density at radius 2 is 1.67 bits per heavy atom. The van der Waals surface area contributed by atoms with Crippen LogP contribution >= 0.6 is 0 Å². The van der Waals surface area contributed by atoms with Crippen LogP contribution in [0.4, 0.5) is 4.39 Å². The average Bonchev–Trinajstić information content (AvgIpc) is 2.73. The lowest BCUT2D eigenvalue weighted by molar-refractivity contribution is -0.158. The van der Waals surface area contributed by atoms with Gasteiger partial charge < -0.3 is 9.64 Å². The van der Waals surface area contributed by atoms with Crippen molar-refractivity contribution in [1.82, 2.24) is 4.90 Å². The minimum atomic E-state index is -0.537. The third-order valence-corrected chi connectivity index (χ3v) is 7.97. The summed E-state index contributed by atoms with van der Waals surface area (Å²) in [5.74, 6) is 1.76. The fourth-order valence-corrected chi connectivity index (χ4v) is 6.96. The number of hydrogen-bond acceptors (Lipinski definition) is 3. The summed E-state index contributed by atoms with van der Waals surface area (Å²) in [7, 11) is 1.29. The average molecular weight is 412 g/mol. The van der Waals surface area contributed by atoms with Gasteiger partial charge in [-0.05, 0) is 81.3 Å². The van der Waals surface area contributed by atoms with Gasteiger partial charge in [0.2, 0.25) is 5.91 Å². The van der Waals surface area contributed by atoms with Crippen molar-refractivity contribution >= 4 is 18.0 Å². The molecule has 5 aliphatic rings. The van der Waals surface area contributed by atoms with Gasteiger partial charge in [0, 0.05) is 18.7 Å². The number of piperidine rings is 1. The topological polar surface area (TPSA) is 46.6 Å². The molecule has 1 aliphatic heterocycles. The van der Waals surface area contributed by atoms with Crippen LogP contribution in [0.25, 0.3) is 6.08 Å². The zero-order valence-electron chi connectivity index (χ0n) is 17.7. The molecule has 1 heterocycles. The van der Waals surface area contributed by atoms with Crippen LogP contribution in [0.2, 0.25) is 0 Å². The Labute approximate surface area is 177 Å². The van der Waals surface area contributed by atoms with Crippen LogP contribution in [0.3, 0.4) is 0 Å². The second-order valence-corrected chi connectivity index (χ2v) is 10.0. The van der Waals surface area contributed by atoms with Crippen molar-refractivity contribution in [3.63, 3.8) is 0 Å². The minimum Gasteiger partial charge on any atom is -0.465 e. The number of halogens is 1. The summed E-state index contributed by atoms with van der Waals surface area (Å²) in [6.45, 7) is 1.46. The van der Waals surface area contributed by atoms with E-state index in [-0.39, 0.29) is 11.0 Å². The highest BCUT2D eigenvalue weighted by Gasteiger charge is 2.55. The maximum atomic E-state index is 14.4. The Balaban J connectivity index is 1.24. The number of benzene rings is 1. The quantitative estimate of drug-likeness (QED) is 0.669. The normalized spacial score (nSPS) is 32.3. The summed E-state index contributed by atoms with van der Waals surface area (Å²) >= 11 is 0. The molecule has 30 heavy (non-hydrogen) atoms. The van der Waals surface area contributed by atoms with Gasteiger partial charge in [-0.25, -0.2) is 9.18 Å². The fourth-order valence-electron chi connectivity index (χ4n) is 6.96. The zero-order chi connectivity index (χ0) is 20.9. The third-order valence-electron chi connectivity index (χ3n) is 7.97. The first kappa shape index (κ1) is 19.8. The van der Waals surface area contributed by atoms with Crippen LogP contribution in [0, 0.1) is 29.0 Å². The highest BCUT2D eigenvalue weighted by Crippen LogP contribution is 2.60. The van der Waals surface area contributed by atoms with Crippen molar-refractivity contribution in [3.05, 3.63) is 40.7 Å². The van der Waals surface area contributed by atoms with Crippen LogP contribution in [-0.4, -0.2) is 37.0 Å². The van der Waals surface area contributed by atoms with Gasteiger partial charge in [0.15, 0.2) is 0 Å². The minimum absolute atomic E-state index is 0.0776. The lowest BCUT2D eigenvalue weighted by Gasteiger charge is -2.56. The van der Waals surface area contributed by atoms with E-state index in [0.717, 1.165) is 68.5 Å². The number of amides is 1. The molecule has 4 saturated carbocycles.